The van der Waals surface area contributed by atoms with Crippen LogP contribution in [0, 0.1) is 0 Å². The molecule has 1 N–H and O–H groups in total. The third-order valence-electron chi connectivity index (χ3n) is 5.25. The van der Waals surface area contributed by atoms with Gasteiger partial charge in [0.15, 0.2) is 0 Å². The smallest absolute Gasteiger partial charge is 0.407 e. The molecule has 1 aliphatic carbocycles. The summed E-state index contributed by atoms with van der Waals surface area (Å²) >= 11 is 3.35. The number of carboxylic acids is 1. The molecule has 0 fully saturated rings. The number of rotatable bonds is 6. The molecule has 0 saturated heterocycles. The van der Waals surface area contributed by atoms with Gasteiger partial charge in [-0.05, 0) is 46.4 Å². The van der Waals surface area contributed by atoms with Gasteiger partial charge >= 0.3 is 6.09 Å². The number of carboxylic acid groups (broad SMARTS) is 1. The van der Waals surface area contributed by atoms with E-state index in [0.29, 0.717) is 0 Å². The van der Waals surface area contributed by atoms with Gasteiger partial charge < -0.3 is 20.0 Å². The molecule has 1 aliphatic rings. The molecule has 4 rings (SSSR count). The van der Waals surface area contributed by atoms with E-state index >= 15 is 0 Å². The highest BCUT2D eigenvalue weighted by molar-refractivity contribution is 9.10. The van der Waals surface area contributed by atoms with Gasteiger partial charge in [0.2, 0.25) is 0 Å². The van der Waals surface area contributed by atoms with Crippen molar-refractivity contribution >= 4 is 28.0 Å². The highest BCUT2D eigenvalue weighted by Gasteiger charge is 2.29. The van der Waals surface area contributed by atoms with Crippen molar-refractivity contribution in [1.29, 1.82) is 0 Å². The van der Waals surface area contributed by atoms with Crippen LogP contribution in [0.3, 0.4) is 0 Å². The minimum atomic E-state index is -1.36. The largest absolute Gasteiger partial charge is 0.548 e. The highest BCUT2D eigenvalue weighted by atomic mass is 79.9. The second kappa shape index (κ2) is 8.71. The topological polar surface area (TPSA) is 78.5 Å². The van der Waals surface area contributed by atoms with Crippen molar-refractivity contribution in [2.45, 2.75) is 18.4 Å². The number of benzene rings is 3. The van der Waals surface area contributed by atoms with Crippen LogP contribution >= 0.6 is 15.9 Å². The quantitative estimate of drug-likeness (QED) is 0.603. The predicted molar refractivity (Wildman–Crippen MR) is 115 cm³/mol. The van der Waals surface area contributed by atoms with Crippen molar-refractivity contribution in [3.05, 3.63) is 94.0 Å². The Bertz CT molecular complexity index is 1050. The summed E-state index contributed by atoms with van der Waals surface area (Å²) in [7, 11) is 0. The van der Waals surface area contributed by atoms with Crippen LogP contribution in [0.15, 0.2) is 77.3 Å². The first-order valence-corrected chi connectivity index (χ1v) is 10.4. The SMILES string of the molecule is O=C(NC(Cc1cccc(Br)c1)C(=O)[O-])OCC1c2ccccc2-c2ccccc21. The molecule has 1 amide bonds. The van der Waals surface area contributed by atoms with E-state index in [1.54, 1.807) is 18.2 Å². The van der Waals surface area contributed by atoms with Crippen LogP contribution in [-0.2, 0) is 16.0 Å². The van der Waals surface area contributed by atoms with Gasteiger partial charge in [0, 0.05) is 10.4 Å². The summed E-state index contributed by atoms with van der Waals surface area (Å²) in [6.07, 6.45) is -0.674. The van der Waals surface area contributed by atoms with Gasteiger partial charge in [-0.1, -0.05) is 76.6 Å². The minimum Gasteiger partial charge on any atom is -0.548 e. The Labute approximate surface area is 182 Å². The number of hydrogen-bond donors (Lipinski definition) is 1. The minimum absolute atomic E-state index is 0.0883. The normalized spacial score (nSPS) is 13.2. The number of hydrogen-bond acceptors (Lipinski definition) is 4. The van der Waals surface area contributed by atoms with Crippen LogP contribution in [0.25, 0.3) is 11.1 Å². The molecular formula is C24H19BrNO4-. The van der Waals surface area contributed by atoms with Crippen LogP contribution in [-0.4, -0.2) is 24.7 Å². The summed E-state index contributed by atoms with van der Waals surface area (Å²) in [5.74, 6) is -1.45. The Morgan fingerprint density at radius 3 is 2.20 bits per heavy atom. The summed E-state index contributed by atoms with van der Waals surface area (Å²) < 4.78 is 6.26. The number of halogens is 1. The Kier molecular flexibility index (Phi) is 5.86. The summed E-state index contributed by atoms with van der Waals surface area (Å²) in [5.41, 5.74) is 5.21. The van der Waals surface area contributed by atoms with Crippen molar-refractivity contribution < 1.29 is 19.4 Å². The lowest BCUT2D eigenvalue weighted by atomic mass is 9.98. The zero-order chi connectivity index (χ0) is 21.1. The van der Waals surface area contributed by atoms with E-state index in [-0.39, 0.29) is 18.9 Å². The maximum atomic E-state index is 12.4. The number of carbonyl (C=O) groups excluding carboxylic acids is 2. The Morgan fingerprint density at radius 1 is 0.967 bits per heavy atom. The van der Waals surface area contributed by atoms with Crippen molar-refractivity contribution in [1.82, 2.24) is 5.32 Å². The first-order valence-electron chi connectivity index (χ1n) is 9.59. The fraction of sp³-hybridized carbons (Fsp3) is 0.167. The number of amides is 1. The molecule has 3 aromatic carbocycles. The molecule has 6 heteroatoms. The first kappa shape index (κ1) is 20.2. The van der Waals surface area contributed by atoms with E-state index in [1.807, 2.05) is 42.5 Å². The predicted octanol–water partition coefficient (Wildman–Crippen LogP) is 3.65. The van der Waals surface area contributed by atoms with Gasteiger partial charge in [0.05, 0.1) is 12.0 Å². The molecule has 0 heterocycles. The van der Waals surface area contributed by atoms with E-state index in [9.17, 15) is 14.7 Å². The molecule has 5 nitrogen and oxygen atoms in total. The Hall–Kier alpha value is -3.12. The van der Waals surface area contributed by atoms with Crippen LogP contribution in [0.2, 0.25) is 0 Å². The van der Waals surface area contributed by atoms with E-state index in [0.717, 1.165) is 32.3 Å². The maximum absolute atomic E-state index is 12.4. The van der Waals surface area contributed by atoms with Crippen LogP contribution in [0.1, 0.15) is 22.6 Å². The third kappa shape index (κ3) is 4.24. The molecule has 152 valence electrons. The fourth-order valence-electron chi connectivity index (χ4n) is 3.88. The molecule has 0 saturated carbocycles. The standard InChI is InChI=1S/C24H20BrNO4/c25-16-7-5-6-15(12-16)13-22(23(27)28)26-24(29)30-14-21-19-10-3-1-8-17(19)18-9-2-4-11-20(18)21/h1-12,21-22H,13-14H2,(H,26,29)(H,27,28)/p-1. The first-order chi connectivity index (χ1) is 14.5. The molecule has 0 bridgehead atoms. The maximum Gasteiger partial charge on any atom is 0.407 e. The molecule has 1 atom stereocenters. The zero-order valence-corrected chi connectivity index (χ0v) is 17.6. The zero-order valence-electron chi connectivity index (χ0n) is 16.0. The summed E-state index contributed by atoms with van der Waals surface area (Å²) in [6.45, 7) is 0.122. The number of fused-ring (bicyclic) bond motifs is 3. The van der Waals surface area contributed by atoms with E-state index in [1.165, 1.54) is 0 Å². The number of alkyl carbamates (subject to hydrolysis) is 1. The summed E-state index contributed by atoms with van der Waals surface area (Å²) in [4.78, 5) is 23.9. The highest BCUT2D eigenvalue weighted by Crippen LogP contribution is 2.44. The fourth-order valence-corrected chi connectivity index (χ4v) is 4.32. The lowest BCUT2D eigenvalue weighted by Crippen LogP contribution is -2.49. The lowest BCUT2D eigenvalue weighted by Gasteiger charge is -2.21. The van der Waals surface area contributed by atoms with Gasteiger partial charge in [-0.3, -0.25) is 0 Å². The van der Waals surface area contributed by atoms with Gasteiger partial charge in [0.25, 0.3) is 0 Å². The molecule has 30 heavy (non-hydrogen) atoms. The average molecular weight is 465 g/mol. The van der Waals surface area contributed by atoms with Crippen LogP contribution in [0.5, 0.6) is 0 Å². The molecule has 3 aromatic rings. The van der Waals surface area contributed by atoms with E-state index in [4.69, 9.17) is 4.74 Å². The number of carbonyl (C=O) groups is 2. The molecule has 1 unspecified atom stereocenters. The van der Waals surface area contributed by atoms with Crippen molar-refractivity contribution in [2.75, 3.05) is 6.61 Å². The van der Waals surface area contributed by atoms with Gasteiger partial charge in [-0.2, -0.15) is 0 Å². The van der Waals surface area contributed by atoms with Crippen LogP contribution in [0.4, 0.5) is 4.79 Å². The van der Waals surface area contributed by atoms with E-state index < -0.39 is 18.1 Å². The molecule has 0 radical (unpaired) electrons. The molecule has 0 spiro atoms. The van der Waals surface area contributed by atoms with Crippen molar-refractivity contribution in [3.8, 4) is 11.1 Å². The summed E-state index contributed by atoms with van der Waals surface area (Å²) in [6, 6.07) is 22.1. The Balaban J connectivity index is 1.43. The lowest BCUT2D eigenvalue weighted by molar-refractivity contribution is -0.308. The number of ether oxygens (including phenoxy) is 1. The third-order valence-corrected chi connectivity index (χ3v) is 5.74. The number of nitrogens with one attached hydrogen (secondary N) is 1. The second-order valence-electron chi connectivity index (χ2n) is 7.18. The molecular weight excluding hydrogens is 446 g/mol. The van der Waals surface area contributed by atoms with Crippen molar-refractivity contribution in [2.24, 2.45) is 0 Å². The molecule has 0 aliphatic heterocycles. The Morgan fingerprint density at radius 2 is 1.60 bits per heavy atom. The van der Waals surface area contributed by atoms with Crippen molar-refractivity contribution in [3.63, 3.8) is 0 Å². The number of aliphatic carboxylic acids is 1. The monoisotopic (exact) mass is 464 g/mol. The second-order valence-corrected chi connectivity index (χ2v) is 8.09. The van der Waals surface area contributed by atoms with E-state index in [2.05, 4.69) is 33.4 Å². The van der Waals surface area contributed by atoms with Crippen LogP contribution < -0.4 is 10.4 Å². The van der Waals surface area contributed by atoms with Gasteiger partial charge in [-0.15, -0.1) is 0 Å². The summed E-state index contributed by atoms with van der Waals surface area (Å²) in [5, 5.41) is 13.9. The average Bonchev–Trinajstić information content (AvgIpc) is 3.06. The molecule has 0 aromatic heterocycles. The van der Waals surface area contributed by atoms with Gasteiger partial charge in [0.1, 0.15) is 6.61 Å². The van der Waals surface area contributed by atoms with Gasteiger partial charge in [-0.25, -0.2) is 4.79 Å².